The summed E-state index contributed by atoms with van der Waals surface area (Å²) in [6.45, 7) is 0. The van der Waals surface area contributed by atoms with Crippen LogP contribution in [0.3, 0.4) is 0 Å². The highest BCUT2D eigenvalue weighted by Crippen LogP contribution is 2.37. The minimum atomic E-state index is -0.551. The molecule has 32 heavy (non-hydrogen) atoms. The van der Waals surface area contributed by atoms with Gasteiger partial charge in [0.15, 0.2) is 17.3 Å². The zero-order chi connectivity index (χ0) is 22.7. The Morgan fingerprint density at radius 3 is 2.44 bits per heavy atom. The van der Waals surface area contributed by atoms with Crippen LogP contribution >= 0.6 is 0 Å². The van der Waals surface area contributed by atoms with Gasteiger partial charge in [0.1, 0.15) is 17.2 Å². The molecular weight excluding hydrogens is 412 g/mol. The molecule has 0 saturated heterocycles. The van der Waals surface area contributed by atoms with Crippen LogP contribution in [0.15, 0.2) is 66.4 Å². The third-order valence-corrected chi connectivity index (χ3v) is 4.88. The van der Waals surface area contributed by atoms with E-state index in [1.807, 2.05) is 0 Å². The lowest BCUT2D eigenvalue weighted by molar-refractivity contribution is 0.0734. The van der Waals surface area contributed by atoms with Crippen LogP contribution in [0.25, 0.3) is 6.08 Å². The number of esters is 1. The number of hydrogen-bond acceptors (Lipinski definition) is 7. The molecule has 0 bridgehead atoms. The summed E-state index contributed by atoms with van der Waals surface area (Å²) in [6, 6.07) is 16.6. The molecule has 162 valence electrons. The standard InChI is InChI=1S/C25H20O7/c1-28-17-8-4-7-16(12-17)25(27)31-18-10-11-19-21(14-18)32-22(23(19)26)13-15-6-5-9-20(29-2)24(15)30-3/h4-14H,1-3H3/b22-13-. The molecule has 3 aromatic rings. The molecule has 1 heterocycles. The Morgan fingerprint density at radius 2 is 1.69 bits per heavy atom. The predicted molar refractivity (Wildman–Crippen MR) is 117 cm³/mol. The molecule has 4 rings (SSSR count). The van der Waals surface area contributed by atoms with Crippen molar-refractivity contribution in [3.05, 3.63) is 83.1 Å². The van der Waals surface area contributed by atoms with E-state index in [1.54, 1.807) is 60.7 Å². The van der Waals surface area contributed by atoms with Gasteiger partial charge in [-0.05, 0) is 42.5 Å². The van der Waals surface area contributed by atoms with Gasteiger partial charge in [-0.15, -0.1) is 0 Å². The van der Waals surface area contributed by atoms with Gasteiger partial charge in [-0.25, -0.2) is 4.79 Å². The van der Waals surface area contributed by atoms with Crippen LogP contribution in [0.4, 0.5) is 0 Å². The van der Waals surface area contributed by atoms with Crippen molar-refractivity contribution < 1.29 is 33.3 Å². The minimum Gasteiger partial charge on any atom is -0.497 e. The van der Waals surface area contributed by atoms with Crippen LogP contribution in [-0.2, 0) is 0 Å². The second kappa shape index (κ2) is 8.85. The normalized spacial score (nSPS) is 13.3. The zero-order valence-electron chi connectivity index (χ0n) is 17.7. The van der Waals surface area contributed by atoms with E-state index in [0.717, 1.165) is 0 Å². The third kappa shape index (κ3) is 4.00. The van der Waals surface area contributed by atoms with Crippen molar-refractivity contribution >= 4 is 17.8 Å². The molecule has 0 amide bonds. The molecule has 0 aromatic heterocycles. The molecule has 7 nitrogen and oxygen atoms in total. The largest absolute Gasteiger partial charge is 0.497 e. The number of rotatable bonds is 6. The van der Waals surface area contributed by atoms with Crippen LogP contribution in [-0.4, -0.2) is 33.1 Å². The minimum absolute atomic E-state index is 0.128. The van der Waals surface area contributed by atoms with Gasteiger partial charge in [-0.2, -0.15) is 0 Å². The van der Waals surface area contributed by atoms with E-state index in [2.05, 4.69) is 0 Å². The quantitative estimate of drug-likeness (QED) is 0.321. The average Bonchev–Trinajstić information content (AvgIpc) is 3.13. The van der Waals surface area contributed by atoms with Gasteiger partial charge in [0.2, 0.25) is 5.78 Å². The van der Waals surface area contributed by atoms with Crippen molar-refractivity contribution in [2.75, 3.05) is 21.3 Å². The molecule has 1 aliphatic rings. The maximum absolute atomic E-state index is 12.8. The van der Waals surface area contributed by atoms with E-state index >= 15 is 0 Å². The van der Waals surface area contributed by atoms with Crippen molar-refractivity contribution in [1.29, 1.82) is 0 Å². The number of benzene rings is 3. The SMILES string of the molecule is COc1cccc(C(=O)Oc2ccc3c(c2)O/C(=C\c2cccc(OC)c2OC)C3=O)c1. The molecule has 0 radical (unpaired) electrons. The fraction of sp³-hybridized carbons (Fsp3) is 0.120. The lowest BCUT2D eigenvalue weighted by Gasteiger charge is -2.10. The third-order valence-electron chi connectivity index (χ3n) is 4.88. The van der Waals surface area contributed by atoms with Gasteiger partial charge in [0.05, 0.1) is 32.5 Å². The number of ether oxygens (including phenoxy) is 5. The van der Waals surface area contributed by atoms with Crippen LogP contribution in [0.5, 0.6) is 28.7 Å². The van der Waals surface area contributed by atoms with Crippen molar-refractivity contribution in [2.24, 2.45) is 0 Å². The number of allylic oxidation sites excluding steroid dienone is 1. The Labute approximate surface area is 184 Å². The molecule has 0 atom stereocenters. The smallest absolute Gasteiger partial charge is 0.343 e. The number of Topliss-reactive ketones (excluding diaryl/α,β-unsaturated/α-hetero) is 1. The van der Waals surface area contributed by atoms with Crippen LogP contribution in [0.2, 0.25) is 0 Å². The van der Waals surface area contributed by atoms with Crippen molar-refractivity contribution in [1.82, 2.24) is 0 Å². The molecule has 1 aliphatic heterocycles. The summed E-state index contributed by atoms with van der Waals surface area (Å²) in [5.41, 5.74) is 1.35. The fourth-order valence-electron chi connectivity index (χ4n) is 3.31. The van der Waals surface area contributed by atoms with Crippen molar-refractivity contribution in [3.8, 4) is 28.7 Å². The summed E-state index contributed by atoms with van der Waals surface area (Å²) < 4.78 is 27.0. The summed E-state index contributed by atoms with van der Waals surface area (Å²) in [7, 11) is 4.58. The Bertz CT molecular complexity index is 1230. The average molecular weight is 432 g/mol. The highest BCUT2D eigenvalue weighted by atomic mass is 16.5. The molecular formula is C25H20O7. The first-order valence-electron chi connectivity index (χ1n) is 9.69. The Hall–Kier alpha value is -4.26. The van der Waals surface area contributed by atoms with Gasteiger partial charge < -0.3 is 23.7 Å². The maximum Gasteiger partial charge on any atom is 0.343 e. The van der Waals surface area contributed by atoms with Crippen LogP contribution in [0.1, 0.15) is 26.3 Å². The highest BCUT2D eigenvalue weighted by molar-refractivity contribution is 6.14. The predicted octanol–water partition coefficient (Wildman–Crippen LogP) is 4.55. The van der Waals surface area contributed by atoms with E-state index in [4.69, 9.17) is 23.7 Å². The molecule has 0 unspecified atom stereocenters. The summed E-state index contributed by atoms with van der Waals surface area (Å²) in [5.74, 6) is 1.43. The monoisotopic (exact) mass is 432 g/mol. The molecule has 3 aromatic carbocycles. The van der Waals surface area contributed by atoms with Crippen molar-refractivity contribution in [2.45, 2.75) is 0 Å². The highest BCUT2D eigenvalue weighted by Gasteiger charge is 2.28. The molecule has 0 aliphatic carbocycles. The van der Waals surface area contributed by atoms with Crippen LogP contribution < -0.4 is 23.7 Å². The Morgan fingerprint density at radius 1 is 0.875 bits per heavy atom. The molecule has 0 saturated carbocycles. The van der Waals surface area contributed by atoms with Gasteiger partial charge in [0, 0.05) is 11.6 Å². The van der Waals surface area contributed by atoms with E-state index in [0.29, 0.717) is 39.7 Å². The first-order valence-corrected chi connectivity index (χ1v) is 9.69. The summed E-state index contributed by atoms with van der Waals surface area (Å²) >= 11 is 0. The molecule has 0 spiro atoms. The Balaban J connectivity index is 1.58. The number of fused-ring (bicyclic) bond motifs is 1. The van der Waals surface area contributed by atoms with Gasteiger partial charge in [-0.3, -0.25) is 4.79 Å². The lowest BCUT2D eigenvalue weighted by Crippen LogP contribution is -2.08. The maximum atomic E-state index is 12.8. The summed E-state index contributed by atoms with van der Waals surface area (Å²) in [4.78, 5) is 25.3. The van der Waals surface area contributed by atoms with E-state index in [-0.39, 0.29) is 17.3 Å². The van der Waals surface area contributed by atoms with Gasteiger partial charge in [0.25, 0.3) is 0 Å². The molecule has 7 heteroatoms. The number of hydrogen-bond donors (Lipinski definition) is 0. The second-order valence-corrected chi connectivity index (χ2v) is 6.80. The lowest BCUT2D eigenvalue weighted by atomic mass is 10.1. The van der Waals surface area contributed by atoms with E-state index in [9.17, 15) is 9.59 Å². The van der Waals surface area contributed by atoms with Crippen molar-refractivity contribution in [3.63, 3.8) is 0 Å². The zero-order valence-corrected chi connectivity index (χ0v) is 17.7. The fourth-order valence-corrected chi connectivity index (χ4v) is 3.31. The first-order chi connectivity index (χ1) is 15.5. The first kappa shape index (κ1) is 21.0. The van der Waals surface area contributed by atoms with E-state index in [1.165, 1.54) is 27.4 Å². The number of carbonyl (C=O) groups excluding carboxylic acids is 2. The number of methoxy groups -OCH3 is 3. The number of para-hydroxylation sites is 1. The topological polar surface area (TPSA) is 80.3 Å². The van der Waals surface area contributed by atoms with Crippen LogP contribution in [0, 0.1) is 0 Å². The van der Waals surface area contributed by atoms with E-state index < -0.39 is 5.97 Å². The molecule has 0 fully saturated rings. The summed E-state index contributed by atoms with van der Waals surface area (Å²) in [6.07, 6.45) is 1.59. The van der Waals surface area contributed by atoms with Gasteiger partial charge in [-0.1, -0.05) is 18.2 Å². The second-order valence-electron chi connectivity index (χ2n) is 6.80. The number of carbonyl (C=O) groups is 2. The molecule has 0 N–H and O–H groups in total. The summed E-state index contributed by atoms with van der Waals surface area (Å²) in [5, 5.41) is 0. The number of ketones is 1. The Kier molecular flexibility index (Phi) is 5.81. The van der Waals surface area contributed by atoms with Gasteiger partial charge >= 0.3 is 5.97 Å².